The summed E-state index contributed by atoms with van der Waals surface area (Å²) in [5, 5.41) is 2.99. The van der Waals surface area contributed by atoms with E-state index in [9.17, 15) is 4.79 Å². The third-order valence-corrected chi connectivity index (χ3v) is 4.01. The second-order valence-electron chi connectivity index (χ2n) is 6.00. The Balaban J connectivity index is 2.28. The molecule has 0 spiro atoms. The van der Waals surface area contributed by atoms with Crippen LogP contribution in [0, 0.1) is 27.7 Å². The highest BCUT2D eigenvalue weighted by Gasteiger charge is 2.17. The van der Waals surface area contributed by atoms with Crippen molar-refractivity contribution in [3.05, 3.63) is 52.3 Å². The molecule has 0 aliphatic heterocycles. The monoisotopic (exact) mass is 284 g/mol. The number of rotatable bonds is 3. The molecule has 0 atom stereocenters. The summed E-state index contributed by atoms with van der Waals surface area (Å²) in [7, 11) is 0. The van der Waals surface area contributed by atoms with E-state index in [0.29, 0.717) is 6.04 Å². The maximum absolute atomic E-state index is 12.5. The average Bonchev–Trinajstić information content (AvgIpc) is 2.69. The van der Waals surface area contributed by atoms with Gasteiger partial charge in [-0.3, -0.25) is 4.79 Å². The summed E-state index contributed by atoms with van der Waals surface area (Å²) in [5.74, 6) is -0.0433. The molecule has 0 saturated heterocycles. The van der Waals surface area contributed by atoms with E-state index in [4.69, 9.17) is 0 Å². The lowest BCUT2D eigenvalue weighted by Gasteiger charge is -2.13. The van der Waals surface area contributed by atoms with E-state index in [0.717, 1.165) is 22.6 Å². The lowest BCUT2D eigenvalue weighted by Crippen LogP contribution is -2.14. The molecule has 0 bridgehead atoms. The van der Waals surface area contributed by atoms with Crippen LogP contribution in [0.4, 0.5) is 5.69 Å². The summed E-state index contributed by atoms with van der Waals surface area (Å²) >= 11 is 0. The van der Waals surface area contributed by atoms with Crippen molar-refractivity contribution in [1.82, 2.24) is 4.57 Å². The predicted octanol–water partition coefficient (Wildman–Crippen LogP) is 4.55. The van der Waals surface area contributed by atoms with E-state index in [1.165, 1.54) is 11.1 Å². The highest BCUT2D eigenvalue weighted by atomic mass is 16.1. The van der Waals surface area contributed by atoms with Crippen molar-refractivity contribution >= 4 is 11.6 Å². The lowest BCUT2D eigenvalue weighted by atomic mass is 10.1. The van der Waals surface area contributed by atoms with Gasteiger partial charge in [0, 0.05) is 23.1 Å². The molecule has 1 N–H and O–H groups in total. The summed E-state index contributed by atoms with van der Waals surface area (Å²) in [6.07, 6.45) is 0. The quantitative estimate of drug-likeness (QED) is 0.881. The maximum Gasteiger partial charge on any atom is 0.257 e. The number of carbonyl (C=O) groups excluding carboxylic acids is 1. The van der Waals surface area contributed by atoms with Gasteiger partial charge in [-0.1, -0.05) is 6.07 Å². The van der Waals surface area contributed by atoms with E-state index in [1.54, 1.807) is 0 Å². The van der Waals surface area contributed by atoms with Gasteiger partial charge in [-0.2, -0.15) is 0 Å². The Morgan fingerprint density at radius 1 is 1.05 bits per heavy atom. The number of aryl methyl sites for hydroxylation is 3. The molecule has 112 valence electrons. The van der Waals surface area contributed by atoms with Crippen molar-refractivity contribution in [2.45, 2.75) is 47.6 Å². The average molecular weight is 284 g/mol. The smallest absolute Gasteiger partial charge is 0.257 e. The van der Waals surface area contributed by atoms with Gasteiger partial charge in [-0.25, -0.2) is 0 Å². The van der Waals surface area contributed by atoms with Crippen molar-refractivity contribution in [1.29, 1.82) is 0 Å². The number of benzene rings is 1. The van der Waals surface area contributed by atoms with E-state index >= 15 is 0 Å². The van der Waals surface area contributed by atoms with Gasteiger partial charge in [-0.05, 0) is 70.9 Å². The third kappa shape index (κ3) is 3.02. The topological polar surface area (TPSA) is 34.0 Å². The molecular weight excluding hydrogens is 260 g/mol. The minimum atomic E-state index is -0.0433. The highest BCUT2D eigenvalue weighted by Crippen LogP contribution is 2.22. The van der Waals surface area contributed by atoms with Crippen LogP contribution >= 0.6 is 0 Å². The SMILES string of the molecule is Cc1ccc(NC(=O)c2cc(C)n(C(C)C)c2C)cc1C. The van der Waals surface area contributed by atoms with Crippen molar-refractivity contribution < 1.29 is 4.79 Å². The van der Waals surface area contributed by atoms with E-state index in [-0.39, 0.29) is 5.91 Å². The number of anilines is 1. The molecule has 1 aromatic heterocycles. The number of nitrogens with one attached hydrogen (secondary N) is 1. The molecule has 0 fully saturated rings. The van der Waals surface area contributed by atoms with Gasteiger partial charge in [0.1, 0.15) is 0 Å². The number of hydrogen-bond acceptors (Lipinski definition) is 1. The normalized spacial score (nSPS) is 11.0. The molecule has 1 amide bonds. The molecule has 1 aromatic carbocycles. The molecule has 0 radical (unpaired) electrons. The highest BCUT2D eigenvalue weighted by molar-refractivity contribution is 6.05. The van der Waals surface area contributed by atoms with Gasteiger partial charge in [0.05, 0.1) is 5.56 Å². The summed E-state index contributed by atoms with van der Waals surface area (Å²) < 4.78 is 2.19. The fraction of sp³-hybridized carbons (Fsp3) is 0.389. The zero-order valence-corrected chi connectivity index (χ0v) is 13.7. The van der Waals surface area contributed by atoms with Crippen LogP contribution in [-0.4, -0.2) is 10.5 Å². The van der Waals surface area contributed by atoms with Crippen LogP contribution < -0.4 is 5.32 Å². The van der Waals surface area contributed by atoms with Gasteiger partial charge in [0.15, 0.2) is 0 Å². The number of hydrogen-bond donors (Lipinski definition) is 1. The molecule has 0 aliphatic carbocycles. The molecule has 0 aliphatic rings. The predicted molar refractivity (Wildman–Crippen MR) is 88.2 cm³/mol. The standard InChI is InChI=1S/C18H24N2O/c1-11(2)20-14(5)10-17(15(20)6)18(21)19-16-8-7-12(3)13(4)9-16/h7-11H,1-6H3,(H,19,21). The van der Waals surface area contributed by atoms with Gasteiger partial charge in [0.2, 0.25) is 0 Å². The van der Waals surface area contributed by atoms with Gasteiger partial charge >= 0.3 is 0 Å². The first-order chi connectivity index (χ1) is 9.81. The molecule has 2 aromatic rings. The minimum absolute atomic E-state index is 0.0433. The Labute approximate surface area is 127 Å². The van der Waals surface area contributed by atoms with Crippen LogP contribution in [0.25, 0.3) is 0 Å². The summed E-state index contributed by atoms with van der Waals surface area (Å²) in [4.78, 5) is 12.5. The van der Waals surface area contributed by atoms with E-state index in [1.807, 2.05) is 38.1 Å². The first kappa shape index (κ1) is 15.4. The minimum Gasteiger partial charge on any atom is -0.346 e. The molecule has 1 heterocycles. The van der Waals surface area contributed by atoms with Crippen molar-refractivity contribution in [2.75, 3.05) is 5.32 Å². The Morgan fingerprint density at radius 3 is 2.24 bits per heavy atom. The second kappa shape index (κ2) is 5.76. The summed E-state index contributed by atoms with van der Waals surface area (Å²) in [6, 6.07) is 8.30. The zero-order valence-electron chi connectivity index (χ0n) is 13.7. The maximum atomic E-state index is 12.5. The zero-order chi connectivity index (χ0) is 15.7. The first-order valence-corrected chi connectivity index (χ1v) is 7.38. The molecule has 0 unspecified atom stereocenters. The molecule has 21 heavy (non-hydrogen) atoms. The fourth-order valence-corrected chi connectivity index (χ4v) is 2.82. The number of amides is 1. The molecule has 0 saturated carbocycles. The van der Waals surface area contributed by atoms with Gasteiger partial charge < -0.3 is 9.88 Å². The van der Waals surface area contributed by atoms with E-state index < -0.39 is 0 Å². The van der Waals surface area contributed by atoms with Gasteiger partial charge in [-0.15, -0.1) is 0 Å². The molecule has 2 rings (SSSR count). The largest absolute Gasteiger partial charge is 0.346 e. The van der Waals surface area contributed by atoms with Gasteiger partial charge in [0.25, 0.3) is 5.91 Å². The van der Waals surface area contributed by atoms with Crippen LogP contribution in [0.5, 0.6) is 0 Å². The van der Waals surface area contributed by atoms with E-state index in [2.05, 4.69) is 37.6 Å². The van der Waals surface area contributed by atoms with Crippen LogP contribution in [0.3, 0.4) is 0 Å². The molecular formula is C18H24N2O. The van der Waals surface area contributed by atoms with Crippen molar-refractivity contribution in [3.8, 4) is 0 Å². The lowest BCUT2D eigenvalue weighted by molar-refractivity contribution is 0.102. The Bertz CT molecular complexity index is 681. The summed E-state index contributed by atoms with van der Waals surface area (Å²) in [6.45, 7) is 12.4. The Kier molecular flexibility index (Phi) is 4.21. The van der Waals surface area contributed by atoms with Crippen LogP contribution in [0.15, 0.2) is 24.3 Å². The number of nitrogens with zero attached hydrogens (tertiary/aromatic N) is 1. The first-order valence-electron chi connectivity index (χ1n) is 7.38. The summed E-state index contributed by atoms with van der Waals surface area (Å²) in [5.41, 5.74) is 6.14. The molecule has 3 nitrogen and oxygen atoms in total. The van der Waals surface area contributed by atoms with Crippen molar-refractivity contribution in [3.63, 3.8) is 0 Å². The molecule has 3 heteroatoms. The van der Waals surface area contributed by atoms with Crippen LogP contribution in [0.2, 0.25) is 0 Å². The number of aromatic nitrogens is 1. The Hall–Kier alpha value is -2.03. The fourth-order valence-electron chi connectivity index (χ4n) is 2.82. The van der Waals surface area contributed by atoms with Crippen molar-refractivity contribution in [2.24, 2.45) is 0 Å². The van der Waals surface area contributed by atoms with Crippen LogP contribution in [0.1, 0.15) is 52.8 Å². The Morgan fingerprint density at radius 2 is 1.71 bits per heavy atom. The van der Waals surface area contributed by atoms with Crippen LogP contribution in [-0.2, 0) is 0 Å². The number of carbonyl (C=O) groups is 1. The second-order valence-corrected chi connectivity index (χ2v) is 6.00. The third-order valence-electron chi connectivity index (χ3n) is 4.01.